The molecule has 1 aromatic heterocycles. The summed E-state index contributed by atoms with van der Waals surface area (Å²) < 4.78 is 0. The summed E-state index contributed by atoms with van der Waals surface area (Å²) in [6, 6.07) is 20.5. The Labute approximate surface area is 249 Å². The van der Waals surface area contributed by atoms with Crippen LogP contribution in [0.2, 0.25) is 0 Å². The first-order chi connectivity index (χ1) is 19.9. The Morgan fingerprint density at radius 1 is 1.00 bits per heavy atom. The molecule has 2 saturated carbocycles. The molecule has 0 aliphatic heterocycles. The van der Waals surface area contributed by atoms with Crippen molar-refractivity contribution < 1.29 is 14.7 Å². The van der Waals surface area contributed by atoms with E-state index in [9.17, 15) is 14.7 Å². The summed E-state index contributed by atoms with van der Waals surface area (Å²) in [5.74, 6) is 1.000. The van der Waals surface area contributed by atoms with Crippen LogP contribution in [0.15, 0.2) is 66.9 Å². The molecule has 0 atom stereocenters. The van der Waals surface area contributed by atoms with E-state index in [4.69, 9.17) is 5.73 Å². The minimum Gasteiger partial charge on any atom is -0.390 e. The number of nitrogens with two attached hydrogens (primary N) is 1. The maximum Gasteiger partial charge on any atom is 0.225 e. The molecule has 0 spiro atoms. The summed E-state index contributed by atoms with van der Waals surface area (Å²) >= 11 is 0. The number of anilines is 1. The van der Waals surface area contributed by atoms with E-state index in [1.807, 2.05) is 75.3 Å². The zero-order valence-corrected chi connectivity index (χ0v) is 25.3. The maximum absolute atomic E-state index is 13.1. The van der Waals surface area contributed by atoms with Crippen molar-refractivity contribution in [1.29, 1.82) is 0 Å². The summed E-state index contributed by atoms with van der Waals surface area (Å²) in [4.78, 5) is 32.0. The van der Waals surface area contributed by atoms with E-state index in [2.05, 4.69) is 34.6 Å². The molecule has 1 heterocycles. The van der Waals surface area contributed by atoms with Crippen LogP contribution < -0.4 is 11.1 Å². The van der Waals surface area contributed by atoms with Crippen LogP contribution in [0.5, 0.6) is 0 Å². The molecule has 222 valence electrons. The Balaban J connectivity index is 1.27. The molecule has 42 heavy (non-hydrogen) atoms. The van der Waals surface area contributed by atoms with Crippen molar-refractivity contribution in [3.63, 3.8) is 0 Å². The lowest BCUT2D eigenvalue weighted by Gasteiger charge is -2.49. The summed E-state index contributed by atoms with van der Waals surface area (Å²) in [6.45, 7) is 5.70. The van der Waals surface area contributed by atoms with Crippen molar-refractivity contribution in [2.24, 2.45) is 17.6 Å². The molecule has 4 N–H and O–H groups in total. The lowest BCUT2D eigenvalue weighted by molar-refractivity contribution is -0.136. The minimum atomic E-state index is -0.706. The van der Waals surface area contributed by atoms with E-state index in [1.165, 1.54) is 0 Å². The quantitative estimate of drug-likeness (QED) is 0.304. The Kier molecular flexibility index (Phi) is 8.53. The van der Waals surface area contributed by atoms with Crippen LogP contribution in [0.25, 0.3) is 22.3 Å². The van der Waals surface area contributed by atoms with Crippen LogP contribution in [0.3, 0.4) is 0 Å². The lowest BCUT2D eigenvalue weighted by Crippen LogP contribution is -2.58. The second-order valence-electron chi connectivity index (χ2n) is 13.1. The fourth-order valence-corrected chi connectivity index (χ4v) is 6.88. The van der Waals surface area contributed by atoms with Crippen molar-refractivity contribution in [3.8, 4) is 22.3 Å². The molecule has 2 aliphatic carbocycles. The molecule has 0 unspecified atom stereocenters. The predicted molar refractivity (Wildman–Crippen MR) is 167 cm³/mol. The van der Waals surface area contributed by atoms with E-state index < -0.39 is 11.1 Å². The van der Waals surface area contributed by atoms with E-state index >= 15 is 0 Å². The third kappa shape index (κ3) is 6.58. The molecule has 7 nitrogen and oxygen atoms in total. The number of nitrogens with zero attached hydrogens (tertiary/aromatic N) is 2. The number of aliphatic hydroxyl groups is 1. The number of nitrogens with one attached hydrogen (secondary N) is 1. The number of amides is 2. The molecule has 2 fully saturated rings. The van der Waals surface area contributed by atoms with Gasteiger partial charge >= 0.3 is 0 Å². The highest BCUT2D eigenvalue weighted by Crippen LogP contribution is 2.46. The van der Waals surface area contributed by atoms with Gasteiger partial charge < -0.3 is 21.1 Å². The maximum atomic E-state index is 13.1. The van der Waals surface area contributed by atoms with Crippen LogP contribution in [-0.2, 0) is 15.1 Å². The van der Waals surface area contributed by atoms with Gasteiger partial charge in [0.15, 0.2) is 0 Å². The average Bonchev–Trinajstić information content (AvgIpc) is 2.96. The predicted octanol–water partition coefficient (Wildman–Crippen LogP) is 6.12. The molecule has 0 bridgehead atoms. The molecule has 2 amide bonds. The number of hydrogen-bond acceptors (Lipinski definition) is 5. The first-order valence-electron chi connectivity index (χ1n) is 15.2. The molecule has 3 aromatic rings. The average molecular weight is 569 g/mol. The SMILES string of the molecule is CC(C)C(=O)N(C)C1CCC(CC(=O)Nc2cc(-c3ccccc3)c(-c3ccc(C4(N)CC(C)(O)C4)cc3)cn2)CC1. The van der Waals surface area contributed by atoms with Gasteiger partial charge in [0, 0.05) is 42.7 Å². The molecule has 2 aliphatic rings. The van der Waals surface area contributed by atoms with E-state index in [1.54, 1.807) is 0 Å². The van der Waals surface area contributed by atoms with Gasteiger partial charge in [0.2, 0.25) is 11.8 Å². The van der Waals surface area contributed by atoms with Crippen molar-refractivity contribution >= 4 is 17.6 Å². The van der Waals surface area contributed by atoms with Crippen molar-refractivity contribution in [2.75, 3.05) is 12.4 Å². The molecular weight excluding hydrogens is 524 g/mol. The molecule has 0 radical (unpaired) electrons. The molecule has 0 saturated heterocycles. The number of carbonyl (C=O) groups is 2. The third-order valence-corrected chi connectivity index (χ3v) is 9.10. The van der Waals surface area contributed by atoms with Gasteiger partial charge in [0.05, 0.1) is 5.60 Å². The first-order valence-corrected chi connectivity index (χ1v) is 15.2. The van der Waals surface area contributed by atoms with Gasteiger partial charge in [-0.1, -0.05) is 68.4 Å². The Morgan fingerprint density at radius 3 is 2.21 bits per heavy atom. The van der Waals surface area contributed by atoms with Gasteiger partial charge in [0.1, 0.15) is 5.82 Å². The highest BCUT2D eigenvalue weighted by Gasteiger charge is 2.49. The Morgan fingerprint density at radius 2 is 1.62 bits per heavy atom. The normalized spacial score (nSPS) is 25.5. The third-order valence-electron chi connectivity index (χ3n) is 9.10. The van der Waals surface area contributed by atoms with Crippen LogP contribution in [-0.4, -0.2) is 45.5 Å². The van der Waals surface area contributed by atoms with Gasteiger partial charge in [-0.2, -0.15) is 0 Å². The number of aromatic nitrogens is 1. The van der Waals surface area contributed by atoms with E-state index in [0.717, 1.165) is 53.5 Å². The highest BCUT2D eigenvalue weighted by molar-refractivity contribution is 5.92. The van der Waals surface area contributed by atoms with Crippen LogP contribution >= 0.6 is 0 Å². The van der Waals surface area contributed by atoms with Gasteiger partial charge in [-0.25, -0.2) is 4.98 Å². The number of hydrogen-bond donors (Lipinski definition) is 3. The second kappa shape index (κ2) is 12.0. The topological polar surface area (TPSA) is 109 Å². The lowest BCUT2D eigenvalue weighted by atomic mass is 9.63. The van der Waals surface area contributed by atoms with E-state index in [-0.39, 0.29) is 23.8 Å². The summed E-state index contributed by atoms with van der Waals surface area (Å²) in [6.07, 6.45) is 7.10. The van der Waals surface area contributed by atoms with Crippen molar-refractivity contribution in [2.45, 2.75) is 82.9 Å². The summed E-state index contributed by atoms with van der Waals surface area (Å²) in [7, 11) is 1.91. The van der Waals surface area contributed by atoms with Crippen LogP contribution in [0, 0.1) is 11.8 Å². The van der Waals surface area contributed by atoms with Gasteiger partial charge in [0.25, 0.3) is 0 Å². The zero-order valence-electron chi connectivity index (χ0n) is 25.3. The Hall–Kier alpha value is -3.55. The van der Waals surface area contributed by atoms with Crippen LogP contribution in [0.1, 0.15) is 71.3 Å². The largest absolute Gasteiger partial charge is 0.390 e. The van der Waals surface area contributed by atoms with Gasteiger partial charge in [-0.3, -0.25) is 9.59 Å². The smallest absolute Gasteiger partial charge is 0.225 e. The fraction of sp³-hybridized carbons (Fsp3) is 0.457. The number of pyridine rings is 1. The van der Waals surface area contributed by atoms with Gasteiger partial charge in [-0.05, 0) is 79.7 Å². The van der Waals surface area contributed by atoms with Gasteiger partial charge in [-0.15, -0.1) is 0 Å². The summed E-state index contributed by atoms with van der Waals surface area (Å²) in [5.41, 5.74) is 10.4. The minimum absolute atomic E-state index is 0.00150. The zero-order chi connectivity index (χ0) is 30.1. The second-order valence-corrected chi connectivity index (χ2v) is 13.1. The standard InChI is InChI=1S/C35H44N4O3/c1-23(2)33(41)39(4)28-16-10-24(11-17-28)18-32(40)38-31-19-29(25-8-6-5-7-9-25)30(20-37-31)26-12-14-27(15-13-26)35(36)21-34(3,42)22-35/h5-9,12-15,19-20,23-24,28,42H,10-11,16-18,21-22,36H2,1-4H3,(H,37,38,40). The fourth-order valence-electron chi connectivity index (χ4n) is 6.88. The van der Waals surface area contributed by atoms with E-state index in [0.29, 0.717) is 31.0 Å². The number of carbonyl (C=O) groups excluding carboxylic acids is 2. The molecular formula is C35H44N4O3. The molecule has 2 aromatic carbocycles. The molecule has 7 heteroatoms. The molecule has 5 rings (SSSR count). The van der Waals surface area contributed by atoms with Crippen molar-refractivity contribution in [1.82, 2.24) is 9.88 Å². The van der Waals surface area contributed by atoms with Crippen molar-refractivity contribution in [3.05, 3.63) is 72.4 Å². The Bertz CT molecular complexity index is 1400. The number of benzene rings is 2. The highest BCUT2D eigenvalue weighted by atomic mass is 16.3. The first kappa shape index (κ1) is 29.9. The number of rotatable bonds is 8. The van der Waals surface area contributed by atoms with Crippen LogP contribution in [0.4, 0.5) is 5.82 Å². The monoisotopic (exact) mass is 568 g/mol. The summed E-state index contributed by atoms with van der Waals surface area (Å²) in [5, 5.41) is 13.3.